The summed E-state index contributed by atoms with van der Waals surface area (Å²) in [4.78, 5) is 9.83. The van der Waals surface area contributed by atoms with E-state index in [0.29, 0.717) is 17.8 Å². The lowest BCUT2D eigenvalue weighted by molar-refractivity contribution is 0.808. The van der Waals surface area contributed by atoms with Crippen molar-refractivity contribution in [3.63, 3.8) is 0 Å². The van der Waals surface area contributed by atoms with Crippen molar-refractivity contribution in [3.05, 3.63) is 88.7 Å². The lowest BCUT2D eigenvalue weighted by Gasteiger charge is -2.24. The van der Waals surface area contributed by atoms with Crippen LogP contribution in [-0.2, 0) is 0 Å². The summed E-state index contributed by atoms with van der Waals surface area (Å²) in [6.07, 6.45) is 1.75. The summed E-state index contributed by atoms with van der Waals surface area (Å²) < 4.78 is 2.50. The summed E-state index contributed by atoms with van der Waals surface area (Å²) >= 11 is 0. The van der Waals surface area contributed by atoms with Gasteiger partial charge in [-0.3, -0.25) is 0 Å². The molecule has 0 aliphatic heterocycles. The van der Waals surface area contributed by atoms with E-state index in [1.165, 1.54) is 71.7 Å². The van der Waals surface area contributed by atoms with Gasteiger partial charge in [0, 0.05) is 16.2 Å². The third-order valence-corrected chi connectivity index (χ3v) is 8.86. The Labute approximate surface area is 236 Å². The first-order valence-electron chi connectivity index (χ1n) is 14.7. The highest BCUT2D eigenvalue weighted by Crippen LogP contribution is 2.48. The maximum absolute atomic E-state index is 4.91. The van der Waals surface area contributed by atoms with Crippen LogP contribution in [0.4, 0.5) is 0 Å². The van der Waals surface area contributed by atoms with Crippen LogP contribution < -0.4 is 0 Å². The molecule has 200 valence electrons. The SMILES string of the molecule is Cc1cc(C)c2c(c1)c1ncnc3cc(-c4c(C(C)C)cc(C(C)C)cc4C(C)C)c4c5ccccc5n2c4c31. The van der Waals surface area contributed by atoms with E-state index in [0.717, 1.165) is 16.4 Å². The van der Waals surface area contributed by atoms with Crippen molar-refractivity contribution >= 4 is 49.1 Å². The molecule has 0 amide bonds. The predicted molar refractivity (Wildman–Crippen MR) is 171 cm³/mol. The van der Waals surface area contributed by atoms with Crippen LogP contribution in [0, 0.1) is 13.8 Å². The van der Waals surface area contributed by atoms with Gasteiger partial charge in [-0.2, -0.15) is 0 Å². The Morgan fingerprint density at radius 1 is 0.675 bits per heavy atom. The number of benzene rings is 4. The monoisotopic (exact) mass is 523 g/mol. The Balaban J connectivity index is 1.80. The zero-order valence-electron chi connectivity index (χ0n) is 24.8. The van der Waals surface area contributed by atoms with E-state index in [4.69, 9.17) is 9.97 Å². The topological polar surface area (TPSA) is 30.2 Å². The number of pyridine rings is 1. The van der Waals surface area contributed by atoms with Gasteiger partial charge in [-0.05, 0) is 83.2 Å². The van der Waals surface area contributed by atoms with Gasteiger partial charge in [0.15, 0.2) is 0 Å². The Morgan fingerprint density at radius 3 is 2.05 bits per heavy atom. The van der Waals surface area contributed by atoms with E-state index in [1.807, 2.05) is 0 Å². The molecule has 7 aromatic rings. The minimum atomic E-state index is 0.394. The lowest BCUT2D eigenvalue weighted by Crippen LogP contribution is -2.04. The summed E-state index contributed by atoms with van der Waals surface area (Å²) in [5.74, 6) is 1.27. The molecule has 40 heavy (non-hydrogen) atoms. The Bertz CT molecular complexity index is 2080. The Hall–Kier alpha value is -3.98. The average Bonchev–Trinajstić information content (AvgIpc) is 3.26. The molecule has 0 saturated heterocycles. The lowest BCUT2D eigenvalue weighted by atomic mass is 9.80. The van der Waals surface area contributed by atoms with Gasteiger partial charge < -0.3 is 4.40 Å². The second-order valence-electron chi connectivity index (χ2n) is 12.6. The van der Waals surface area contributed by atoms with Crippen molar-refractivity contribution in [2.24, 2.45) is 0 Å². The number of nitrogens with zero attached hydrogens (tertiary/aromatic N) is 3. The molecule has 7 rings (SSSR count). The molecule has 0 radical (unpaired) electrons. The average molecular weight is 524 g/mol. The standard InChI is InChI=1S/C37H37N3/c1-19(2)24-15-26(20(3)4)32(27(16-24)21(5)6)28-17-30-34-35(39-18-38-30)29-14-22(7)13-23(8)36(29)40-31-12-10-9-11-25(31)33(28)37(34)40/h9-21H,1-8H3. The third kappa shape index (κ3) is 3.36. The van der Waals surface area contributed by atoms with Gasteiger partial charge in [-0.25, -0.2) is 9.97 Å². The van der Waals surface area contributed by atoms with Crippen LogP contribution in [0.1, 0.15) is 87.1 Å². The molecular weight excluding hydrogens is 486 g/mol. The van der Waals surface area contributed by atoms with E-state index in [2.05, 4.69) is 114 Å². The number of rotatable bonds is 4. The Morgan fingerprint density at radius 2 is 1.38 bits per heavy atom. The molecule has 3 nitrogen and oxygen atoms in total. The van der Waals surface area contributed by atoms with Crippen LogP contribution in [0.15, 0.2) is 60.9 Å². The van der Waals surface area contributed by atoms with Crippen molar-refractivity contribution < 1.29 is 0 Å². The molecule has 0 atom stereocenters. The van der Waals surface area contributed by atoms with Crippen LogP contribution in [0.3, 0.4) is 0 Å². The minimum Gasteiger partial charge on any atom is -0.308 e. The molecule has 0 fully saturated rings. The number of aromatic nitrogens is 3. The molecule has 0 aliphatic carbocycles. The van der Waals surface area contributed by atoms with Gasteiger partial charge in [-0.15, -0.1) is 0 Å². The fourth-order valence-electron chi connectivity index (χ4n) is 7.04. The molecule has 0 unspecified atom stereocenters. The van der Waals surface area contributed by atoms with Crippen molar-refractivity contribution in [2.45, 2.75) is 73.1 Å². The molecule has 4 aromatic carbocycles. The molecule has 3 aromatic heterocycles. The van der Waals surface area contributed by atoms with E-state index in [1.54, 1.807) is 6.33 Å². The molecule has 3 heteroatoms. The summed E-state index contributed by atoms with van der Waals surface area (Å²) in [7, 11) is 0. The highest BCUT2D eigenvalue weighted by Gasteiger charge is 2.26. The normalized spacial score (nSPS) is 12.7. The highest BCUT2D eigenvalue weighted by molar-refractivity contribution is 6.30. The number of hydrogen-bond acceptors (Lipinski definition) is 2. The van der Waals surface area contributed by atoms with Crippen molar-refractivity contribution in [3.8, 4) is 11.1 Å². The van der Waals surface area contributed by atoms with Gasteiger partial charge in [0.2, 0.25) is 0 Å². The summed E-state index contributed by atoms with van der Waals surface area (Å²) in [5, 5.41) is 4.95. The van der Waals surface area contributed by atoms with Gasteiger partial charge in [0.1, 0.15) is 6.33 Å². The molecule has 0 spiro atoms. The van der Waals surface area contributed by atoms with Crippen molar-refractivity contribution in [1.29, 1.82) is 0 Å². The fraction of sp³-hybridized carbons (Fsp3) is 0.297. The zero-order chi connectivity index (χ0) is 28.0. The highest BCUT2D eigenvalue weighted by atomic mass is 14.9. The summed E-state index contributed by atoms with van der Waals surface area (Å²) in [6.45, 7) is 18.3. The van der Waals surface area contributed by atoms with Gasteiger partial charge in [0.25, 0.3) is 0 Å². The van der Waals surface area contributed by atoms with Crippen molar-refractivity contribution in [2.75, 3.05) is 0 Å². The second-order valence-corrected chi connectivity index (χ2v) is 12.6. The molecule has 0 N–H and O–H groups in total. The zero-order valence-corrected chi connectivity index (χ0v) is 24.8. The minimum absolute atomic E-state index is 0.394. The summed E-state index contributed by atoms with van der Waals surface area (Å²) in [5.41, 5.74) is 15.2. The quantitative estimate of drug-likeness (QED) is 0.170. The maximum Gasteiger partial charge on any atom is 0.116 e. The Kier molecular flexibility index (Phi) is 5.48. The maximum atomic E-state index is 4.91. The van der Waals surface area contributed by atoms with Crippen molar-refractivity contribution in [1.82, 2.24) is 14.4 Å². The third-order valence-electron chi connectivity index (χ3n) is 8.86. The van der Waals surface area contributed by atoms with E-state index < -0.39 is 0 Å². The smallest absolute Gasteiger partial charge is 0.116 e. The molecule has 0 bridgehead atoms. The first kappa shape index (κ1) is 25.0. The van der Waals surface area contributed by atoms with E-state index in [-0.39, 0.29) is 0 Å². The number of fused-ring (bicyclic) bond motifs is 6. The predicted octanol–water partition coefficient (Wildman–Crippen LogP) is 10.4. The van der Waals surface area contributed by atoms with Crippen LogP contribution in [-0.4, -0.2) is 14.4 Å². The van der Waals surface area contributed by atoms with Gasteiger partial charge >= 0.3 is 0 Å². The molecule has 0 aliphatic rings. The van der Waals surface area contributed by atoms with Crippen LogP contribution in [0.2, 0.25) is 0 Å². The van der Waals surface area contributed by atoms with E-state index in [9.17, 15) is 0 Å². The first-order chi connectivity index (χ1) is 19.2. The molecular formula is C37H37N3. The van der Waals surface area contributed by atoms with Crippen LogP contribution in [0.25, 0.3) is 60.3 Å². The van der Waals surface area contributed by atoms with Crippen LogP contribution in [0.5, 0.6) is 0 Å². The number of hydrogen-bond donors (Lipinski definition) is 0. The molecule has 3 heterocycles. The van der Waals surface area contributed by atoms with Crippen LogP contribution >= 0.6 is 0 Å². The fourth-order valence-corrected chi connectivity index (χ4v) is 7.04. The first-order valence-corrected chi connectivity index (χ1v) is 14.7. The van der Waals surface area contributed by atoms with E-state index >= 15 is 0 Å². The van der Waals surface area contributed by atoms with Gasteiger partial charge in [-0.1, -0.05) is 83.5 Å². The number of aryl methyl sites for hydroxylation is 2. The largest absolute Gasteiger partial charge is 0.308 e. The second kappa shape index (κ2) is 8.76. The molecule has 0 saturated carbocycles. The summed E-state index contributed by atoms with van der Waals surface area (Å²) in [6, 6.07) is 20.8. The van der Waals surface area contributed by atoms with Gasteiger partial charge in [0.05, 0.1) is 33.0 Å². The number of para-hydroxylation sites is 1.